The van der Waals surface area contributed by atoms with E-state index in [-0.39, 0.29) is 11.2 Å². The molecular formula is C17H23N3O2S. The van der Waals surface area contributed by atoms with Gasteiger partial charge in [-0.1, -0.05) is 30.3 Å². The van der Waals surface area contributed by atoms with Crippen LogP contribution in [0.25, 0.3) is 0 Å². The van der Waals surface area contributed by atoms with Crippen LogP contribution in [0.3, 0.4) is 0 Å². The van der Waals surface area contributed by atoms with Gasteiger partial charge in [0.15, 0.2) is 0 Å². The minimum Gasteiger partial charge on any atom is -0.383 e. The molecule has 0 aliphatic carbocycles. The van der Waals surface area contributed by atoms with E-state index in [2.05, 4.69) is 22.5 Å². The quantitative estimate of drug-likeness (QED) is 0.766. The maximum absolute atomic E-state index is 12.1. The number of hydrogen-bond donors (Lipinski definition) is 1. The fourth-order valence-corrected chi connectivity index (χ4v) is 2.88. The summed E-state index contributed by atoms with van der Waals surface area (Å²) >= 11 is 1.64. The Morgan fingerprint density at radius 3 is 2.87 bits per heavy atom. The molecule has 1 aromatic heterocycles. The number of amides is 1. The Balaban J connectivity index is 1.72. The Morgan fingerprint density at radius 1 is 1.35 bits per heavy atom. The SMILES string of the molecule is COCCn1cc(CNC(=O)C(C)SCc2ccccc2)cn1. The van der Waals surface area contributed by atoms with Gasteiger partial charge in [-0.2, -0.15) is 5.10 Å². The van der Waals surface area contributed by atoms with E-state index in [9.17, 15) is 4.79 Å². The van der Waals surface area contributed by atoms with E-state index in [0.29, 0.717) is 19.7 Å². The van der Waals surface area contributed by atoms with E-state index in [0.717, 1.165) is 11.3 Å². The summed E-state index contributed by atoms with van der Waals surface area (Å²) in [5.74, 6) is 0.889. The van der Waals surface area contributed by atoms with Crippen molar-refractivity contribution in [3.8, 4) is 0 Å². The van der Waals surface area contributed by atoms with Crippen LogP contribution in [0.2, 0.25) is 0 Å². The molecule has 124 valence electrons. The molecule has 2 aromatic rings. The van der Waals surface area contributed by atoms with Crippen molar-refractivity contribution in [2.45, 2.75) is 31.0 Å². The highest BCUT2D eigenvalue weighted by molar-refractivity contribution is 7.99. The van der Waals surface area contributed by atoms with E-state index >= 15 is 0 Å². The average Bonchev–Trinajstić information content (AvgIpc) is 3.04. The first-order valence-electron chi connectivity index (χ1n) is 7.62. The normalized spacial score (nSPS) is 12.1. The van der Waals surface area contributed by atoms with Crippen molar-refractivity contribution in [1.29, 1.82) is 0 Å². The molecule has 2 rings (SSSR count). The molecule has 0 saturated carbocycles. The zero-order chi connectivity index (χ0) is 16.5. The summed E-state index contributed by atoms with van der Waals surface area (Å²) in [6.07, 6.45) is 3.71. The number of benzene rings is 1. The smallest absolute Gasteiger partial charge is 0.233 e. The fourth-order valence-electron chi connectivity index (χ4n) is 2.01. The van der Waals surface area contributed by atoms with Crippen LogP contribution in [0.15, 0.2) is 42.7 Å². The van der Waals surface area contributed by atoms with Gasteiger partial charge in [0.1, 0.15) is 0 Å². The monoisotopic (exact) mass is 333 g/mol. The maximum atomic E-state index is 12.1. The number of methoxy groups -OCH3 is 1. The summed E-state index contributed by atoms with van der Waals surface area (Å²) in [7, 11) is 1.67. The Kier molecular flexibility index (Phi) is 7.16. The summed E-state index contributed by atoms with van der Waals surface area (Å²) in [6, 6.07) is 10.2. The molecule has 0 radical (unpaired) electrons. The van der Waals surface area contributed by atoms with Gasteiger partial charge < -0.3 is 10.1 Å². The first-order chi connectivity index (χ1) is 11.2. The molecule has 1 aromatic carbocycles. The Morgan fingerprint density at radius 2 is 2.13 bits per heavy atom. The van der Waals surface area contributed by atoms with Crippen molar-refractivity contribution < 1.29 is 9.53 Å². The number of thioether (sulfide) groups is 1. The number of carbonyl (C=O) groups excluding carboxylic acids is 1. The van der Waals surface area contributed by atoms with Crippen LogP contribution in [0.4, 0.5) is 0 Å². The van der Waals surface area contributed by atoms with Crippen LogP contribution in [0.5, 0.6) is 0 Å². The zero-order valence-corrected chi connectivity index (χ0v) is 14.4. The second-order valence-corrected chi connectivity index (χ2v) is 6.59. The number of ether oxygens (including phenoxy) is 1. The maximum Gasteiger partial charge on any atom is 0.233 e. The average molecular weight is 333 g/mol. The summed E-state index contributed by atoms with van der Waals surface area (Å²) < 4.78 is 6.83. The van der Waals surface area contributed by atoms with Crippen LogP contribution >= 0.6 is 11.8 Å². The topological polar surface area (TPSA) is 56.1 Å². The molecule has 1 amide bonds. The lowest BCUT2D eigenvalue weighted by molar-refractivity contribution is -0.120. The fraction of sp³-hybridized carbons (Fsp3) is 0.412. The highest BCUT2D eigenvalue weighted by Crippen LogP contribution is 2.17. The van der Waals surface area contributed by atoms with Crippen LogP contribution in [0, 0.1) is 0 Å². The molecule has 6 heteroatoms. The highest BCUT2D eigenvalue weighted by Gasteiger charge is 2.13. The molecule has 1 atom stereocenters. The molecule has 0 bridgehead atoms. The summed E-state index contributed by atoms with van der Waals surface area (Å²) in [5, 5.41) is 7.11. The molecule has 1 unspecified atom stereocenters. The Labute approximate surface area is 141 Å². The van der Waals surface area contributed by atoms with Gasteiger partial charge in [0.25, 0.3) is 0 Å². The van der Waals surface area contributed by atoms with E-state index in [4.69, 9.17) is 4.74 Å². The third kappa shape index (κ3) is 6.08. The molecule has 5 nitrogen and oxygen atoms in total. The highest BCUT2D eigenvalue weighted by atomic mass is 32.2. The first kappa shape index (κ1) is 17.6. The van der Waals surface area contributed by atoms with Crippen molar-refractivity contribution in [2.24, 2.45) is 0 Å². The van der Waals surface area contributed by atoms with Gasteiger partial charge in [-0.15, -0.1) is 11.8 Å². The van der Waals surface area contributed by atoms with Crippen molar-refractivity contribution in [3.05, 3.63) is 53.9 Å². The van der Waals surface area contributed by atoms with Crippen molar-refractivity contribution in [1.82, 2.24) is 15.1 Å². The number of carbonyl (C=O) groups is 1. The lowest BCUT2D eigenvalue weighted by atomic mass is 10.2. The standard InChI is InChI=1S/C17H23N3O2S/c1-14(23-13-15-6-4-3-5-7-15)17(21)18-10-16-11-19-20(12-16)8-9-22-2/h3-7,11-12,14H,8-10,13H2,1-2H3,(H,18,21). The third-order valence-electron chi connectivity index (χ3n) is 3.39. The van der Waals surface area contributed by atoms with Gasteiger partial charge in [-0.3, -0.25) is 9.48 Å². The number of aromatic nitrogens is 2. The largest absolute Gasteiger partial charge is 0.383 e. The molecular weight excluding hydrogens is 310 g/mol. The lowest BCUT2D eigenvalue weighted by Gasteiger charge is -2.11. The van der Waals surface area contributed by atoms with E-state index in [1.807, 2.05) is 36.0 Å². The molecule has 0 aliphatic rings. The molecule has 0 fully saturated rings. The Bertz CT molecular complexity index is 601. The molecule has 0 saturated heterocycles. The van der Waals surface area contributed by atoms with Crippen molar-refractivity contribution >= 4 is 17.7 Å². The van der Waals surface area contributed by atoms with Gasteiger partial charge in [-0.05, 0) is 12.5 Å². The van der Waals surface area contributed by atoms with Crippen LogP contribution in [-0.4, -0.2) is 34.7 Å². The van der Waals surface area contributed by atoms with Crippen LogP contribution in [0.1, 0.15) is 18.1 Å². The van der Waals surface area contributed by atoms with E-state index in [1.165, 1.54) is 5.56 Å². The molecule has 0 aliphatic heterocycles. The summed E-state index contributed by atoms with van der Waals surface area (Å²) in [5.41, 5.74) is 2.23. The second-order valence-electron chi connectivity index (χ2n) is 5.26. The third-order valence-corrected chi connectivity index (χ3v) is 4.60. The van der Waals surface area contributed by atoms with E-state index < -0.39 is 0 Å². The predicted octanol–water partition coefficient (Wildman–Crippen LogP) is 2.47. The molecule has 1 heterocycles. The van der Waals surface area contributed by atoms with Gasteiger partial charge in [0.05, 0.1) is 24.6 Å². The van der Waals surface area contributed by atoms with Crippen molar-refractivity contribution in [3.63, 3.8) is 0 Å². The molecule has 0 spiro atoms. The Hall–Kier alpha value is -1.79. The molecule has 23 heavy (non-hydrogen) atoms. The van der Waals surface area contributed by atoms with Crippen molar-refractivity contribution in [2.75, 3.05) is 13.7 Å². The van der Waals surface area contributed by atoms with Gasteiger partial charge in [0, 0.05) is 31.2 Å². The zero-order valence-electron chi connectivity index (χ0n) is 13.6. The summed E-state index contributed by atoms with van der Waals surface area (Å²) in [6.45, 7) is 3.78. The number of hydrogen-bond acceptors (Lipinski definition) is 4. The van der Waals surface area contributed by atoms with Gasteiger partial charge >= 0.3 is 0 Å². The minimum absolute atomic E-state index is 0.0515. The summed E-state index contributed by atoms with van der Waals surface area (Å²) in [4.78, 5) is 12.1. The van der Waals surface area contributed by atoms with Gasteiger partial charge in [0.2, 0.25) is 5.91 Å². The predicted molar refractivity (Wildman–Crippen MR) is 93.1 cm³/mol. The number of nitrogens with zero attached hydrogens (tertiary/aromatic N) is 2. The first-order valence-corrected chi connectivity index (χ1v) is 8.67. The molecule has 1 N–H and O–H groups in total. The minimum atomic E-state index is -0.0845. The second kappa shape index (κ2) is 9.37. The number of nitrogens with one attached hydrogen (secondary N) is 1. The van der Waals surface area contributed by atoms with Crippen LogP contribution < -0.4 is 5.32 Å². The van der Waals surface area contributed by atoms with E-state index in [1.54, 1.807) is 25.1 Å². The van der Waals surface area contributed by atoms with Gasteiger partial charge in [-0.25, -0.2) is 0 Å². The number of rotatable bonds is 9. The lowest BCUT2D eigenvalue weighted by Crippen LogP contribution is -2.30. The van der Waals surface area contributed by atoms with Crippen LogP contribution in [-0.2, 0) is 28.4 Å².